The van der Waals surface area contributed by atoms with E-state index in [1.807, 2.05) is 49.1 Å². The fourth-order valence-electron chi connectivity index (χ4n) is 4.82. The third kappa shape index (κ3) is 8.86. The first kappa shape index (κ1) is 29.7. The molecule has 0 radical (unpaired) electrons. The number of hydrogen-bond acceptors (Lipinski definition) is 5. The summed E-state index contributed by atoms with van der Waals surface area (Å²) in [5.74, 6) is 0.815. The number of halogens is 1. The fourth-order valence-corrected chi connectivity index (χ4v) is 5.28. The second kappa shape index (κ2) is 15.5. The molecule has 4 rings (SSSR count). The van der Waals surface area contributed by atoms with Crippen molar-refractivity contribution in [2.75, 3.05) is 25.0 Å². The van der Waals surface area contributed by atoms with Gasteiger partial charge in [0.15, 0.2) is 0 Å². The molecule has 1 aliphatic rings. The van der Waals surface area contributed by atoms with Crippen LogP contribution in [0.25, 0.3) is 11.1 Å². The molecule has 3 N–H and O–H groups in total. The van der Waals surface area contributed by atoms with Crippen LogP contribution in [0.3, 0.4) is 0 Å². The molecular weight excluding hydrogens is 495 g/mol. The molecule has 38 heavy (non-hydrogen) atoms. The molecule has 0 spiro atoms. The van der Waals surface area contributed by atoms with Crippen molar-refractivity contribution < 1.29 is 9.60 Å². The maximum Gasteiger partial charge on any atom is 0.123 e. The number of nitrogens with one attached hydrogen (secondary N) is 2. The van der Waals surface area contributed by atoms with E-state index in [0.29, 0.717) is 24.4 Å². The highest BCUT2D eigenvalue weighted by atomic mass is 32.1. The van der Waals surface area contributed by atoms with Gasteiger partial charge in [0.05, 0.1) is 4.99 Å². The summed E-state index contributed by atoms with van der Waals surface area (Å²) in [6, 6.07) is 19.7. The van der Waals surface area contributed by atoms with Crippen LogP contribution in [-0.4, -0.2) is 45.8 Å². The molecular formula is C31H41FN4OS. The summed E-state index contributed by atoms with van der Waals surface area (Å²) in [4.78, 5) is 7.70. The third-order valence-electron chi connectivity index (χ3n) is 7.02. The first-order valence-corrected chi connectivity index (χ1v) is 14.0. The monoisotopic (exact) mass is 536 g/mol. The molecule has 1 aliphatic heterocycles. The standard InChI is InChI=1S/C29H34FN3S.C2H7NO/c1-21(2)28(20-32-27-14-17-31-18-15-27)33-19-16-25(29(33)34)5-3-4-22-6-8-23(9-7-22)24-10-12-26(30)13-11-24;1-2-3-4/h6-15,17-18,21,25,28H,3-5,16,19-20H2,1-2H3,(H,31,32);3-4H,2H2,1H3. The molecule has 204 valence electrons. The van der Waals surface area contributed by atoms with E-state index >= 15 is 0 Å². The van der Waals surface area contributed by atoms with Crippen molar-refractivity contribution in [3.05, 3.63) is 84.4 Å². The van der Waals surface area contributed by atoms with Gasteiger partial charge in [0, 0.05) is 49.7 Å². The quantitative estimate of drug-likeness (QED) is 0.182. The molecule has 3 aromatic rings. The van der Waals surface area contributed by atoms with E-state index in [-0.39, 0.29) is 5.82 Å². The van der Waals surface area contributed by atoms with Crippen LogP contribution < -0.4 is 10.8 Å². The van der Waals surface area contributed by atoms with Crippen LogP contribution in [0, 0.1) is 17.7 Å². The van der Waals surface area contributed by atoms with Crippen LogP contribution in [0.2, 0.25) is 0 Å². The normalized spacial score (nSPS) is 15.8. The zero-order chi connectivity index (χ0) is 27.3. The van der Waals surface area contributed by atoms with Crippen molar-refractivity contribution in [2.45, 2.75) is 52.5 Å². The van der Waals surface area contributed by atoms with Crippen LogP contribution in [0.1, 0.15) is 45.6 Å². The first-order chi connectivity index (χ1) is 18.4. The Balaban J connectivity index is 0.000000934. The number of benzene rings is 2. The van der Waals surface area contributed by atoms with Gasteiger partial charge in [-0.3, -0.25) is 4.98 Å². The Bertz CT molecular complexity index is 1090. The minimum absolute atomic E-state index is 0.200. The second-order valence-electron chi connectivity index (χ2n) is 10.1. The summed E-state index contributed by atoms with van der Waals surface area (Å²) in [6.45, 7) is 8.94. The summed E-state index contributed by atoms with van der Waals surface area (Å²) in [5.41, 5.74) is 6.54. The van der Waals surface area contributed by atoms with E-state index in [4.69, 9.17) is 17.4 Å². The number of hydrogen-bond donors (Lipinski definition) is 3. The van der Waals surface area contributed by atoms with Gasteiger partial charge in [0.2, 0.25) is 0 Å². The first-order valence-electron chi connectivity index (χ1n) is 13.6. The average Bonchev–Trinajstić information content (AvgIpc) is 3.30. The van der Waals surface area contributed by atoms with Crippen molar-refractivity contribution in [1.29, 1.82) is 0 Å². The molecule has 0 amide bonds. The lowest BCUT2D eigenvalue weighted by Gasteiger charge is -2.33. The van der Waals surface area contributed by atoms with E-state index in [0.717, 1.165) is 60.6 Å². The lowest BCUT2D eigenvalue weighted by molar-refractivity contribution is 0.173. The highest BCUT2D eigenvalue weighted by molar-refractivity contribution is 7.80. The summed E-state index contributed by atoms with van der Waals surface area (Å²) in [7, 11) is 0. The van der Waals surface area contributed by atoms with Crippen molar-refractivity contribution in [1.82, 2.24) is 15.4 Å². The van der Waals surface area contributed by atoms with Crippen molar-refractivity contribution in [3.8, 4) is 11.1 Å². The minimum atomic E-state index is -0.200. The fraction of sp³-hybridized carbons (Fsp3) is 0.419. The Morgan fingerprint density at radius 3 is 2.21 bits per heavy atom. The number of rotatable bonds is 11. The highest BCUT2D eigenvalue weighted by Gasteiger charge is 2.33. The number of aryl methyl sites for hydroxylation is 1. The molecule has 1 aromatic heterocycles. The van der Waals surface area contributed by atoms with Gasteiger partial charge >= 0.3 is 0 Å². The number of likely N-dealkylation sites (tertiary alicyclic amines) is 1. The second-order valence-corrected chi connectivity index (χ2v) is 10.5. The molecule has 7 heteroatoms. The number of aromatic nitrogens is 1. The van der Waals surface area contributed by atoms with Gasteiger partial charge in [-0.05, 0) is 72.6 Å². The van der Waals surface area contributed by atoms with Crippen LogP contribution >= 0.6 is 12.2 Å². The van der Waals surface area contributed by atoms with Gasteiger partial charge < -0.3 is 15.4 Å². The molecule has 2 aromatic carbocycles. The molecule has 2 unspecified atom stereocenters. The molecule has 2 atom stereocenters. The molecule has 2 heterocycles. The maximum atomic E-state index is 13.2. The van der Waals surface area contributed by atoms with Gasteiger partial charge in [-0.25, -0.2) is 9.87 Å². The minimum Gasteiger partial charge on any atom is -0.383 e. The molecule has 1 saturated heterocycles. The highest BCUT2D eigenvalue weighted by Crippen LogP contribution is 2.29. The van der Waals surface area contributed by atoms with Gasteiger partial charge in [-0.15, -0.1) is 0 Å². The van der Waals surface area contributed by atoms with E-state index in [1.165, 1.54) is 17.7 Å². The van der Waals surface area contributed by atoms with Crippen LogP contribution in [-0.2, 0) is 6.42 Å². The van der Waals surface area contributed by atoms with Crippen LogP contribution in [0.15, 0.2) is 73.1 Å². The van der Waals surface area contributed by atoms with Crippen molar-refractivity contribution in [2.24, 2.45) is 11.8 Å². The largest absolute Gasteiger partial charge is 0.383 e. The number of hydroxylamine groups is 1. The predicted octanol–water partition coefficient (Wildman–Crippen LogP) is 6.98. The Morgan fingerprint density at radius 1 is 1.03 bits per heavy atom. The van der Waals surface area contributed by atoms with Crippen molar-refractivity contribution in [3.63, 3.8) is 0 Å². The molecule has 1 fully saturated rings. The van der Waals surface area contributed by atoms with Gasteiger partial charge in [0.1, 0.15) is 5.82 Å². The number of anilines is 1. The average molecular weight is 537 g/mol. The molecule has 0 bridgehead atoms. The Hall–Kier alpha value is -2.87. The molecule has 0 aliphatic carbocycles. The van der Waals surface area contributed by atoms with Crippen LogP contribution in [0.4, 0.5) is 10.1 Å². The number of thiocarbonyl (C=S) groups is 1. The molecule has 0 saturated carbocycles. The summed E-state index contributed by atoms with van der Waals surface area (Å²) < 4.78 is 13.2. The lowest BCUT2D eigenvalue weighted by Crippen LogP contribution is -2.44. The smallest absolute Gasteiger partial charge is 0.123 e. The van der Waals surface area contributed by atoms with E-state index in [1.54, 1.807) is 0 Å². The number of pyridine rings is 1. The SMILES string of the molecule is CC(C)C(CNc1ccncc1)N1CCC(CCCc2ccc(-c3ccc(F)cc3)cc2)C1=S.CCNO. The summed E-state index contributed by atoms with van der Waals surface area (Å²) in [6.07, 6.45) is 8.12. The van der Waals surface area contributed by atoms with Gasteiger partial charge in [-0.1, -0.05) is 69.4 Å². The third-order valence-corrected chi connectivity index (χ3v) is 7.59. The van der Waals surface area contributed by atoms with Gasteiger partial charge in [0.25, 0.3) is 0 Å². The number of nitrogens with zero attached hydrogens (tertiary/aromatic N) is 2. The maximum absolute atomic E-state index is 13.2. The summed E-state index contributed by atoms with van der Waals surface area (Å²) in [5, 5.41) is 11.2. The van der Waals surface area contributed by atoms with E-state index < -0.39 is 0 Å². The zero-order valence-corrected chi connectivity index (χ0v) is 23.6. The van der Waals surface area contributed by atoms with E-state index in [9.17, 15) is 4.39 Å². The molecule has 5 nitrogen and oxygen atoms in total. The topological polar surface area (TPSA) is 60.4 Å². The Kier molecular flexibility index (Phi) is 12.1. The van der Waals surface area contributed by atoms with Crippen molar-refractivity contribution >= 4 is 22.9 Å². The van der Waals surface area contributed by atoms with E-state index in [2.05, 4.69) is 53.3 Å². The Labute approximate surface area is 232 Å². The summed E-state index contributed by atoms with van der Waals surface area (Å²) >= 11 is 5.96. The zero-order valence-electron chi connectivity index (χ0n) is 22.7. The van der Waals surface area contributed by atoms with Crippen LogP contribution in [0.5, 0.6) is 0 Å². The predicted molar refractivity (Wildman–Crippen MR) is 159 cm³/mol. The lowest BCUT2D eigenvalue weighted by atomic mass is 9.97. The Morgan fingerprint density at radius 2 is 1.63 bits per heavy atom. The van der Waals surface area contributed by atoms with Gasteiger partial charge in [-0.2, -0.15) is 0 Å².